The lowest BCUT2D eigenvalue weighted by Crippen LogP contribution is -2.22. The minimum atomic E-state index is -0.738. The zero-order valence-corrected chi connectivity index (χ0v) is 7.78. The van der Waals surface area contributed by atoms with Gasteiger partial charge in [-0.25, -0.2) is 0 Å². The number of hydrogen-bond donors (Lipinski definition) is 0. The Morgan fingerprint density at radius 1 is 1.75 bits per heavy atom. The van der Waals surface area contributed by atoms with E-state index in [1.165, 1.54) is 12.4 Å². The van der Waals surface area contributed by atoms with Gasteiger partial charge in [0, 0.05) is 16.2 Å². The molecule has 0 aromatic rings. The molecule has 1 unspecified atom stereocenters. The van der Waals surface area contributed by atoms with E-state index in [2.05, 4.69) is 4.99 Å². The van der Waals surface area contributed by atoms with Crippen molar-refractivity contribution in [3.63, 3.8) is 0 Å². The first-order valence-corrected chi connectivity index (χ1v) is 4.09. The molecular weight excluding hydrogens is 180 g/mol. The Morgan fingerprint density at radius 2 is 2.33 bits per heavy atom. The lowest BCUT2D eigenvalue weighted by Gasteiger charge is -2.05. The summed E-state index contributed by atoms with van der Waals surface area (Å²) >= 11 is 5.50. The first kappa shape index (κ1) is 11.1. The number of hydrogen-bond acceptors (Lipinski definition) is 3. The van der Waals surface area contributed by atoms with Crippen LogP contribution in [0, 0.1) is 10.1 Å². The molecule has 4 nitrogen and oxygen atoms in total. The van der Waals surface area contributed by atoms with Gasteiger partial charge in [0.05, 0.1) is 12.6 Å². The van der Waals surface area contributed by atoms with Crippen LogP contribution in [0.2, 0.25) is 0 Å². The lowest BCUT2D eigenvalue weighted by atomic mass is 10.2. The molecule has 12 heavy (non-hydrogen) atoms. The van der Waals surface area contributed by atoms with Gasteiger partial charge in [0.2, 0.25) is 0 Å². The van der Waals surface area contributed by atoms with E-state index >= 15 is 0 Å². The molecule has 1 atom stereocenters. The van der Waals surface area contributed by atoms with Crippen molar-refractivity contribution < 1.29 is 4.92 Å². The fourth-order valence-corrected chi connectivity index (χ4v) is 0.872. The largest absolute Gasteiger partial charge is 0.264 e. The van der Waals surface area contributed by atoms with Gasteiger partial charge in [0.1, 0.15) is 0 Å². The highest BCUT2D eigenvalue weighted by Gasteiger charge is 2.20. The fraction of sp³-hybridized carbons (Fsp3) is 0.571. The molecule has 68 valence electrons. The number of aliphatic imine (C=N–C) groups is 1. The second kappa shape index (κ2) is 5.71. The maximum Gasteiger partial charge on any atom is 0.252 e. The van der Waals surface area contributed by atoms with Gasteiger partial charge in [-0.1, -0.05) is 25.4 Å². The Kier molecular flexibility index (Phi) is 5.28. The molecule has 0 radical (unpaired) electrons. The summed E-state index contributed by atoms with van der Waals surface area (Å²) in [5, 5.41) is 10.6. The first-order valence-electron chi connectivity index (χ1n) is 3.71. The molecule has 0 spiro atoms. The third-order valence-corrected chi connectivity index (χ3v) is 1.40. The van der Waals surface area contributed by atoms with Crippen LogP contribution in [0.25, 0.3) is 0 Å². The zero-order chi connectivity index (χ0) is 9.56. The molecule has 1 heterocycles. The molecule has 1 rings (SSSR count). The minimum Gasteiger partial charge on any atom is -0.264 e. The van der Waals surface area contributed by atoms with Crippen molar-refractivity contribution in [2.45, 2.75) is 26.3 Å². The van der Waals surface area contributed by atoms with Crippen molar-refractivity contribution in [1.29, 1.82) is 0 Å². The lowest BCUT2D eigenvalue weighted by molar-refractivity contribution is -0.500. The molecule has 0 amide bonds. The molecule has 0 saturated heterocycles. The van der Waals surface area contributed by atoms with Crippen molar-refractivity contribution in [2.24, 2.45) is 4.99 Å². The van der Waals surface area contributed by atoms with Gasteiger partial charge in [-0.05, 0) is 0 Å². The van der Waals surface area contributed by atoms with Crippen molar-refractivity contribution >= 4 is 17.8 Å². The van der Waals surface area contributed by atoms with Crippen molar-refractivity contribution in [1.82, 2.24) is 0 Å². The van der Waals surface area contributed by atoms with Crippen LogP contribution >= 0.6 is 11.6 Å². The third-order valence-electron chi connectivity index (χ3n) is 1.15. The molecule has 5 heteroatoms. The van der Waals surface area contributed by atoms with E-state index in [9.17, 15) is 10.1 Å². The van der Waals surface area contributed by atoms with E-state index in [1.54, 1.807) is 0 Å². The summed E-state index contributed by atoms with van der Waals surface area (Å²) < 4.78 is 0. The summed E-state index contributed by atoms with van der Waals surface area (Å²) in [4.78, 5) is 13.3. The van der Waals surface area contributed by atoms with Gasteiger partial charge in [-0.3, -0.25) is 15.1 Å². The number of rotatable bonds is 1. The van der Waals surface area contributed by atoms with Crippen LogP contribution in [0.4, 0.5) is 0 Å². The monoisotopic (exact) mass is 190 g/mol. The Balaban J connectivity index is 0.000000561. The standard InChI is InChI=1S/C5H5ClN2O2.C2H6/c6-4-1-5(8(9)10)3-7-2-4;1-2/h2-3,5H,1H2;1-2H3. The molecule has 0 aliphatic carbocycles. The molecule has 1 aliphatic rings. The topological polar surface area (TPSA) is 55.5 Å². The summed E-state index contributed by atoms with van der Waals surface area (Å²) in [6.45, 7) is 4.00. The Morgan fingerprint density at radius 3 is 2.67 bits per heavy atom. The first-order chi connectivity index (χ1) is 5.70. The molecule has 1 aliphatic heterocycles. The summed E-state index contributed by atoms with van der Waals surface area (Å²) in [5.41, 5.74) is 0. The maximum absolute atomic E-state index is 10.1. The van der Waals surface area contributed by atoms with Crippen LogP contribution in [-0.4, -0.2) is 17.2 Å². The van der Waals surface area contributed by atoms with Crippen LogP contribution in [0.3, 0.4) is 0 Å². The van der Waals surface area contributed by atoms with Crippen LogP contribution in [0.1, 0.15) is 20.3 Å². The Hall–Kier alpha value is -0.900. The fourth-order valence-electron chi connectivity index (χ4n) is 0.657. The Bertz CT molecular complexity index is 213. The minimum absolute atomic E-state index is 0.262. The van der Waals surface area contributed by atoms with Crippen LogP contribution in [0.5, 0.6) is 0 Å². The second-order valence-electron chi connectivity index (χ2n) is 1.93. The maximum atomic E-state index is 10.1. The average Bonchev–Trinajstić information content (AvgIpc) is 2.08. The van der Waals surface area contributed by atoms with Gasteiger partial charge < -0.3 is 0 Å². The summed E-state index contributed by atoms with van der Waals surface area (Å²) in [7, 11) is 0. The van der Waals surface area contributed by atoms with Gasteiger partial charge >= 0.3 is 0 Å². The highest BCUT2D eigenvalue weighted by Crippen LogP contribution is 2.14. The van der Waals surface area contributed by atoms with E-state index in [1.807, 2.05) is 13.8 Å². The average molecular weight is 191 g/mol. The van der Waals surface area contributed by atoms with E-state index in [0.29, 0.717) is 5.03 Å². The van der Waals surface area contributed by atoms with E-state index < -0.39 is 11.0 Å². The summed E-state index contributed by atoms with van der Waals surface area (Å²) in [6.07, 6.45) is 2.96. The summed E-state index contributed by atoms with van der Waals surface area (Å²) in [6, 6.07) is -0.738. The van der Waals surface area contributed by atoms with Gasteiger partial charge in [-0.15, -0.1) is 0 Å². The predicted octanol–water partition coefficient (Wildman–Crippen LogP) is 2.21. The van der Waals surface area contributed by atoms with Gasteiger partial charge in [0.25, 0.3) is 6.04 Å². The molecule has 0 N–H and O–H groups in total. The molecular formula is C7H11ClN2O2. The molecule has 0 aromatic carbocycles. The van der Waals surface area contributed by atoms with Crippen molar-refractivity contribution in [2.75, 3.05) is 0 Å². The summed E-state index contributed by atoms with van der Waals surface area (Å²) in [5.74, 6) is 0. The van der Waals surface area contributed by atoms with E-state index in [0.717, 1.165) is 0 Å². The Labute approximate surface area is 76.1 Å². The third kappa shape index (κ3) is 3.48. The molecule has 0 aromatic heterocycles. The van der Waals surface area contributed by atoms with Gasteiger partial charge in [0.15, 0.2) is 0 Å². The highest BCUT2D eigenvalue weighted by atomic mass is 35.5. The normalized spacial score (nSPS) is 20.6. The van der Waals surface area contributed by atoms with E-state index in [-0.39, 0.29) is 6.42 Å². The smallest absolute Gasteiger partial charge is 0.252 e. The zero-order valence-electron chi connectivity index (χ0n) is 7.03. The van der Waals surface area contributed by atoms with Crippen LogP contribution < -0.4 is 0 Å². The molecule has 0 fully saturated rings. The van der Waals surface area contributed by atoms with E-state index in [4.69, 9.17) is 11.6 Å². The quantitative estimate of drug-likeness (QED) is 0.470. The second-order valence-corrected chi connectivity index (χ2v) is 2.42. The molecule has 0 saturated carbocycles. The predicted molar refractivity (Wildman–Crippen MR) is 49.2 cm³/mol. The SMILES string of the molecule is CC.O=[N+]([O-])C1C=NC=C(Cl)C1. The molecule has 0 bridgehead atoms. The van der Waals surface area contributed by atoms with Crippen LogP contribution in [-0.2, 0) is 0 Å². The van der Waals surface area contributed by atoms with Crippen molar-refractivity contribution in [3.8, 4) is 0 Å². The van der Waals surface area contributed by atoms with Crippen molar-refractivity contribution in [3.05, 3.63) is 21.3 Å². The van der Waals surface area contributed by atoms with Gasteiger partial charge in [-0.2, -0.15) is 0 Å². The highest BCUT2D eigenvalue weighted by molar-refractivity contribution is 6.29. The number of halogens is 1. The number of nitro groups is 1. The number of nitrogens with zero attached hydrogens (tertiary/aromatic N) is 2. The van der Waals surface area contributed by atoms with Crippen LogP contribution in [0.15, 0.2) is 16.2 Å².